The Balaban J connectivity index is 2.17. The Hall–Kier alpha value is -1.91. The minimum absolute atomic E-state index is 0.129. The number of carbonyl (C=O) groups is 2. The molecule has 0 aromatic heterocycles. The van der Waals surface area contributed by atoms with Crippen LogP contribution in [-0.2, 0) is 15.0 Å². The van der Waals surface area contributed by atoms with Crippen molar-refractivity contribution in [2.24, 2.45) is 5.92 Å². The Morgan fingerprint density at radius 1 is 1.40 bits per heavy atom. The lowest BCUT2D eigenvalue weighted by Gasteiger charge is -2.25. The largest absolute Gasteiger partial charge is 0.481 e. The van der Waals surface area contributed by atoms with Crippen LogP contribution in [0, 0.1) is 11.7 Å². The molecule has 1 amide bonds. The number of benzene rings is 1. The lowest BCUT2D eigenvalue weighted by atomic mass is 9.93. The van der Waals surface area contributed by atoms with E-state index < -0.39 is 17.3 Å². The summed E-state index contributed by atoms with van der Waals surface area (Å²) in [4.78, 5) is 24.8. The monoisotopic (exact) mass is 279 g/mol. The molecule has 0 saturated heterocycles. The van der Waals surface area contributed by atoms with E-state index in [4.69, 9.17) is 5.11 Å². The zero-order chi connectivity index (χ0) is 14.9. The molecule has 1 fully saturated rings. The Labute approximate surface area is 117 Å². The van der Waals surface area contributed by atoms with Crippen LogP contribution in [0.5, 0.6) is 0 Å². The van der Waals surface area contributed by atoms with Crippen LogP contribution < -0.4 is 0 Å². The summed E-state index contributed by atoms with van der Waals surface area (Å²) >= 11 is 0. The molecule has 5 heteroatoms. The smallest absolute Gasteiger partial charge is 0.308 e. The Morgan fingerprint density at radius 2 is 2.00 bits per heavy atom. The van der Waals surface area contributed by atoms with E-state index in [1.807, 2.05) is 0 Å². The molecule has 1 aliphatic rings. The topological polar surface area (TPSA) is 57.6 Å². The Morgan fingerprint density at radius 3 is 2.50 bits per heavy atom. The van der Waals surface area contributed by atoms with Crippen molar-refractivity contribution in [2.45, 2.75) is 25.2 Å². The molecule has 20 heavy (non-hydrogen) atoms. The molecule has 1 atom stereocenters. The highest BCUT2D eigenvalue weighted by molar-refractivity contribution is 5.91. The maximum absolute atomic E-state index is 13.9. The summed E-state index contributed by atoms with van der Waals surface area (Å²) in [5, 5.41) is 8.89. The Kier molecular flexibility index (Phi) is 3.79. The fourth-order valence-electron chi connectivity index (χ4n) is 2.51. The van der Waals surface area contributed by atoms with Crippen LogP contribution in [0.15, 0.2) is 24.3 Å². The molecule has 0 unspecified atom stereocenters. The predicted octanol–water partition coefficient (Wildman–Crippen LogP) is 2.04. The molecule has 1 aliphatic carbocycles. The van der Waals surface area contributed by atoms with E-state index in [9.17, 15) is 14.0 Å². The molecule has 0 bridgehead atoms. The summed E-state index contributed by atoms with van der Waals surface area (Å²) in [5.74, 6) is -2.16. The van der Waals surface area contributed by atoms with Gasteiger partial charge >= 0.3 is 5.97 Å². The third kappa shape index (κ3) is 2.53. The van der Waals surface area contributed by atoms with Gasteiger partial charge in [-0.25, -0.2) is 4.39 Å². The summed E-state index contributed by atoms with van der Waals surface area (Å²) in [5.41, 5.74) is -0.377. The summed E-state index contributed by atoms with van der Waals surface area (Å²) < 4.78 is 13.9. The molecular weight excluding hydrogens is 261 g/mol. The molecule has 108 valence electrons. The first-order chi connectivity index (χ1) is 9.38. The van der Waals surface area contributed by atoms with E-state index >= 15 is 0 Å². The van der Waals surface area contributed by atoms with E-state index in [0.29, 0.717) is 18.4 Å². The molecular formula is C15H18FNO3. The van der Waals surface area contributed by atoms with Gasteiger partial charge in [-0.1, -0.05) is 25.1 Å². The zero-order valence-corrected chi connectivity index (χ0v) is 11.6. The van der Waals surface area contributed by atoms with Crippen LogP contribution in [0.25, 0.3) is 0 Å². The number of carbonyl (C=O) groups excluding carboxylic acids is 1. The van der Waals surface area contributed by atoms with Gasteiger partial charge in [0.1, 0.15) is 5.82 Å². The van der Waals surface area contributed by atoms with Gasteiger partial charge in [0, 0.05) is 19.2 Å². The van der Waals surface area contributed by atoms with Gasteiger partial charge in [-0.2, -0.15) is 0 Å². The van der Waals surface area contributed by atoms with Gasteiger partial charge < -0.3 is 10.0 Å². The minimum atomic E-state index is -0.944. The lowest BCUT2D eigenvalue weighted by Crippen LogP contribution is -2.40. The summed E-state index contributed by atoms with van der Waals surface area (Å²) in [6, 6.07) is 6.29. The second kappa shape index (κ2) is 5.23. The van der Waals surface area contributed by atoms with Gasteiger partial charge in [-0.3, -0.25) is 9.59 Å². The molecule has 1 N–H and O–H groups in total. The van der Waals surface area contributed by atoms with E-state index in [2.05, 4.69) is 0 Å². The highest BCUT2D eigenvalue weighted by atomic mass is 19.1. The van der Waals surface area contributed by atoms with Crippen LogP contribution in [-0.4, -0.2) is 35.5 Å². The van der Waals surface area contributed by atoms with E-state index in [-0.39, 0.29) is 18.3 Å². The quantitative estimate of drug-likeness (QED) is 0.897. The number of halogens is 1. The van der Waals surface area contributed by atoms with Crippen molar-refractivity contribution in [3.05, 3.63) is 35.6 Å². The van der Waals surface area contributed by atoms with E-state index in [1.54, 1.807) is 32.2 Å². The standard InChI is InChI=1S/C15H18FNO3/c1-10(13(18)19)9-17(2)14(20)15(7-8-15)11-5-3-4-6-12(11)16/h3-6,10H,7-9H2,1-2H3,(H,18,19)/t10-/m1/s1. The van der Waals surface area contributed by atoms with Crippen molar-refractivity contribution in [3.8, 4) is 0 Å². The first-order valence-corrected chi connectivity index (χ1v) is 6.62. The minimum Gasteiger partial charge on any atom is -0.481 e. The van der Waals surface area contributed by atoms with E-state index in [0.717, 1.165) is 0 Å². The number of carboxylic acid groups (broad SMARTS) is 1. The highest BCUT2D eigenvalue weighted by Crippen LogP contribution is 2.50. The highest BCUT2D eigenvalue weighted by Gasteiger charge is 2.53. The number of carboxylic acids is 1. The zero-order valence-electron chi connectivity index (χ0n) is 11.6. The molecule has 4 nitrogen and oxygen atoms in total. The maximum Gasteiger partial charge on any atom is 0.308 e. The van der Waals surface area contributed by atoms with Crippen molar-refractivity contribution >= 4 is 11.9 Å². The van der Waals surface area contributed by atoms with Crippen molar-refractivity contribution in [3.63, 3.8) is 0 Å². The van der Waals surface area contributed by atoms with Crippen molar-refractivity contribution in [1.29, 1.82) is 0 Å². The van der Waals surface area contributed by atoms with Gasteiger partial charge in [0.25, 0.3) is 0 Å². The van der Waals surface area contributed by atoms with Crippen LogP contribution in [0.2, 0.25) is 0 Å². The average molecular weight is 279 g/mol. The molecule has 0 aliphatic heterocycles. The number of amides is 1. The number of hydrogen-bond donors (Lipinski definition) is 1. The van der Waals surface area contributed by atoms with Gasteiger partial charge in [-0.15, -0.1) is 0 Å². The van der Waals surface area contributed by atoms with Crippen molar-refractivity contribution in [1.82, 2.24) is 4.90 Å². The van der Waals surface area contributed by atoms with Crippen LogP contribution in [0.3, 0.4) is 0 Å². The van der Waals surface area contributed by atoms with Crippen LogP contribution in [0.1, 0.15) is 25.3 Å². The fourth-order valence-corrected chi connectivity index (χ4v) is 2.51. The molecule has 0 heterocycles. The molecule has 0 spiro atoms. The van der Waals surface area contributed by atoms with Gasteiger partial charge in [0.05, 0.1) is 11.3 Å². The number of likely N-dealkylation sites (N-methyl/N-ethyl adjacent to an activating group) is 1. The Bertz CT molecular complexity index is 540. The molecule has 1 aromatic rings. The number of rotatable bonds is 5. The molecule has 0 radical (unpaired) electrons. The lowest BCUT2D eigenvalue weighted by molar-refractivity contribution is -0.143. The summed E-state index contributed by atoms with van der Waals surface area (Å²) in [7, 11) is 1.57. The average Bonchev–Trinajstić information content (AvgIpc) is 3.19. The number of hydrogen-bond acceptors (Lipinski definition) is 2. The van der Waals surface area contributed by atoms with E-state index in [1.165, 1.54) is 11.0 Å². The maximum atomic E-state index is 13.9. The first kappa shape index (κ1) is 14.5. The summed E-state index contributed by atoms with van der Waals surface area (Å²) in [6.07, 6.45) is 1.22. The second-order valence-corrected chi connectivity index (χ2v) is 5.49. The molecule has 1 aromatic carbocycles. The van der Waals surface area contributed by atoms with Gasteiger partial charge in [0.2, 0.25) is 5.91 Å². The summed E-state index contributed by atoms with van der Waals surface area (Å²) in [6.45, 7) is 1.68. The second-order valence-electron chi connectivity index (χ2n) is 5.49. The SMILES string of the molecule is C[C@H](CN(C)C(=O)C1(c2ccccc2F)CC1)C(=O)O. The van der Waals surface area contributed by atoms with Gasteiger partial charge in [0.15, 0.2) is 0 Å². The van der Waals surface area contributed by atoms with Crippen LogP contribution >= 0.6 is 0 Å². The molecule has 2 rings (SSSR count). The third-order valence-electron chi connectivity index (χ3n) is 3.86. The number of nitrogens with zero attached hydrogens (tertiary/aromatic N) is 1. The fraction of sp³-hybridized carbons (Fsp3) is 0.467. The van der Waals surface area contributed by atoms with Crippen molar-refractivity contribution in [2.75, 3.05) is 13.6 Å². The van der Waals surface area contributed by atoms with Gasteiger partial charge in [-0.05, 0) is 18.9 Å². The molecule has 1 saturated carbocycles. The predicted molar refractivity (Wildman–Crippen MR) is 71.7 cm³/mol. The third-order valence-corrected chi connectivity index (χ3v) is 3.86. The first-order valence-electron chi connectivity index (χ1n) is 6.62. The van der Waals surface area contributed by atoms with Crippen LogP contribution in [0.4, 0.5) is 4.39 Å². The van der Waals surface area contributed by atoms with Crippen molar-refractivity contribution < 1.29 is 19.1 Å². The normalized spacial score (nSPS) is 17.4. The number of aliphatic carboxylic acids is 1.